The van der Waals surface area contributed by atoms with Gasteiger partial charge in [-0.05, 0) is 12.1 Å². The fourth-order valence-electron chi connectivity index (χ4n) is 1.78. The number of hydrogen-bond donors (Lipinski definition) is 0. The van der Waals surface area contributed by atoms with Gasteiger partial charge < -0.3 is 0 Å². The Kier molecular flexibility index (Phi) is 2.55. The number of para-hydroxylation sites is 1. The molecule has 4 heteroatoms. The third-order valence-corrected chi connectivity index (χ3v) is 2.41. The molecule has 3 rings (SSSR count). The number of aryl methyl sites for hydroxylation is 1. The molecule has 0 saturated carbocycles. The zero-order chi connectivity index (χ0) is 9.54. The summed E-state index contributed by atoms with van der Waals surface area (Å²) in [7, 11) is 2.02. The molecule has 0 atom stereocenters. The Hall–Kier alpha value is -1.25. The van der Waals surface area contributed by atoms with Gasteiger partial charge in [-0.2, -0.15) is 9.38 Å². The zero-order valence-electron chi connectivity index (χ0n) is 8.22. The summed E-state index contributed by atoms with van der Waals surface area (Å²) in [4.78, 5) is 4.37. The zero-order valence-corrected chi connectivity index (χ0v) is 10.6. The molecule has 2 heterocycles. The van der Waals surface area contributed by atoms with Crippen LogP contribution < -0.4 is 0 Å². The largest absolute Gasteiger partial charge is 0.254 e. The Labute approximate surface area is 101 Å². The summed E-state index contributed by atoms with van der Waals surface area (Å²) in [6.45, 7) is 0. The molecule has 15 heavy (non-hydrogen) atoms. The molecule has 1 aromatic carbocycles. The molecule has 0 unspecified atom stereocenters. The van der Waals surface area contributed by atoms with Gasteiger partial charge in [0.15, 0.2) is 18.2 Å². The Morgan fingerprint density at radius 1 is 1.27 bits per heavy atom. The van der Waals surface area contributed by atoms with Crippen molar-refractivity contribution in [2.75, 3.05) is 0 Å². The fourth-order valence-corrected chi connectivity index (χ4v) is 1.78. The second kappa shape index (κ2) is 3.72. The predicted octanol–water partition coefficient (Wildman–Crippen LogP) is 2.10. The third-order valence-electron chi connectivity index (χ3n) is 2.41. The third kappa shape index (κ3) is 1.56. The van der Waals surface area contributed by atoms with Gasteiger partial charge in [0.05, 0.1) is 10.9 Å². The minimum atomic E-state index is 0. The van der Waals surface area contributed by atoms with Gasteiger partial charge in [0.2, 0.25) is 0 Å². The Balaban J connectivity index is 0.000000853. The van der Waals surface area contributed by atoms with Crippen LogP contribution in [0.1, 0.15) is 0 Å². The SMILES string of the molecule is Cn1cc2c3ccccc3ncn2[cH+]1.[Ir]. The van der Waals surface area contributed by atoms with E-state index in [-0.39, 0.29) is 20.1 Å². The van der Waals surface area contributed by atoms with Crippen LogP contribution in [0.15, 0.2) is 43.1 Å². The van der Waals surface area contributed by atoms with Crippen molar-refractivity contribution < 1.29 is 20.1 Å². The van der Waals surface area contributed by atoms with E-state index in [4.69, 9.17) is 0 Å². The van der Waals surface area contributed by atoms with E-state index in [0.717, 1.165) is 5.52 Å². The molecule has 0 aliphatic heterocycles. The van der Waals surface area contributed by atoms with Gasteiger partial charge in [0, 0.05) is 27.2 Å². The first kappa shape index (κ1) is 10.3. The monoisotopic (exact) mass is 377 g/mol. The van der Waals surface area contributed by atoms with Crippen molar-refractivity contribution >= 4 is 16.4 Å². The molecule has 0 saturated heterocycles. The molecule has 0 aliphatic rings. The van der Waals surface area contributed by atoms with Crippen LogP contribution in [0.5, 0.6) is 0 Å². The first-order valence-electron chi connectivity index (χ1n) is 4.55. The molecule has 3 aromatic rings. The molecule has 1 radical (unpaired) electrons. The predicted molar refractivity (Wildman–Crippen MR) is 56.1 cm³/mol. The van der Waals surface area contributed by atoms with Crippen molar-refractivity contribution in [3.8, 4) is 0 Å². The van der Waals surface area contributed by atoms with Crippen LogP contribution in [0.2, 0.25) is 0 Å². The van der Waals surface area contributed by atoms with Crippen LogP contribution in [0.3, 0.4) is 0 Å². The van der Waals surface area contributed by atoms with Gasteiger partial charge in [0.1, 0.15) is 6.20 Å². The smallest absolute Gasteiger partial charge is 0.194 e. The van der Waals surface area contributed by atoms with Crippen molar-refractivity contribution in [2.45, 2.75) is 0 Å². The van der Waals surface area contributed by atoms with Crippen molar-refractivity contribution in [3.05, 3.63) is 43.1 Å². The van der Waals surface area contributed by atoms with Gasteiger partial charge in [-0.25, -0.2) is 0 Å². The van der Waals surface area contributed by atoms with Crippen molar-refractivity contribution in [2.24, 2.45) is 7.05 Å². The van der Waals surface area contributed by atoms with E-state index in [1.165, 1.54) is 10.9 Å². The quantitative estimate of drug-likeness (QED) is 0.551. The van der Waals surface area contributed by atoms with E-state index in [1.54, 1.807) is 0 Å². The number of fused-ring (bicyclic) bond motifs is 3. The standard InChI is InChI=1S/C11H10N3.Ir/c1-13-6-11-9-4-2-3-5-10(9)12-7-14(11)8-13;/h2-8H,1H3;/q+1;. The van der Waals surface area contributed by atoms with Gasteiger partial charge in [0.25, 0.3) is 0 Å². The van der Waals surface area contributed by atoms with Crippen LogP contribution in [0.25, 0.3) is 16.4 Å². The number of aromatic nitrogens is 3. The molecule has 77 valence electrons. The summed E-state index contributed by atoms with van der Waals surface area (Å²) in [6.07, 6.45) is 5.95. The van der Waals surface area contributed by atoms with Gasteiger partial charge in [-0.1, -0.05) is 12.1 Å². The minimum absolute atomic E-state index is 0. The number of imidazole rings is 1. The normalized spacial score (nSPS) is 10.5. The molecular weight excluding hydrogens is 366 g/mol. The average Bonchev–Trinajstić information content (AvgIpc) is 2.59. The maximum absolute atomic E-state index is 4.37. The summed E-state index contributed by atoms with van der Waals surface area (Å²) >= 11 is 0. The summed E-state index contributed by atoms with van der Waals surface area (Å²) < 4.78 is 4.06. The van der Waals surface area contributed by atoms with Crippen LogP contribution in [0.4, 0.5) is 0 Å². The Bertz CT molecular complexity index is 615. The van der Waals surface area contributed by atoms with Crippen molar-refractivity contribution in [1.29, 1.82) is 0 Å². The topological polar surface area (TPSA) is 22.2 Å². The molecule has 0 bridgehead atoms. The molecule has 0 aliphatic carbocycles. The number of hydrogen-bond acceptors (Lipinski definition) is 1. The molecule has 0 N–H and O–H groups in total. The summed E-state index contributed by atoms with van der Waals surface area (Å²) in [6, 6.07) is 8.17. The molecule has 0 spiro atoms. The fraction of sp³-hybridized carbons (Fsp3) is 0.0909. The Morgan fingerprint density at radius 3 is 2.93 bits per heavy atom. The second-order valence-corrected chi connectivity index (χ2v) is 3.46. The maximum atomic E-state index is 4.37. The Morgan fingerprint density at radius 2 is 2.07 bits per heavy atom. The first-order valence-corrected chi connectivity index (χ1v) is 4.55. The molecule has 0 amide bonds. The van der Waals surface area contributed by atoms with Crippen molar-refractivity contribution in [1.82, 2.24) is 14.0 Å². The van der Waals surface area contributed by atoms with E-state index in [2.05, 4.69) is 17.2 Å². The summed E-state index contributed by atoms with van der Waals surface area (Å²) in [5, 5.41) is 1.19. The van der Waals surface area contributed by atoms with Gasteiger partial charge in [-0.3, -0.25) is 4.57 Å². The summed E-state index contributed by atoms with van der Waals surface area (Å²) in [5.41, 5.74) is 2.23. The van der Waals surface area contributed by atoms with Crippen LogP contribution in [-0.2, 0) is 27.2 Å². The van der Waals surface area contributed by atoms with Gasteiger partial charge >= 0.3 is 0 Å². The van der Waals surface area contributed by atoms with Crippen molar-refractivity contribution in [3.63, 3.8) is 0 Å². The molecule has 2 aromatic heterocycles. The van der Waals surface area contributed by atoms with Crippen LogP contribution in [0, 0.1) is 0 Å². The number of nitrogens with zero attached hydrogens (tertiary/aromatic N) is 3. The first-order chi connectivity index (χ1) is 6.84. The van der Waals surface area contributed by atoms with E-state index in [9.17, 15) is 0 Å². The molecular formula is C11H10IrN3+. The number of rotatable bonds is 0. The summed E-state index contributed by atoms with van der Waals surface area (Å²) in [5.74, 6) is 0. The van der Waals surface area contributed by atoms with E-state index in [1.807, 2.05) is 46.9 Å². The van der Waals surface area contributed by atoms with Crippen LogP contribution in [-0.4, -0.2) is 14.0 Å². The molecule has 3 nitrogen and oxygen atoms in total. The molecule has 0 fully saturated rings. The van der Waals surface area contributed by atoms with E-state index in [0.29, 0.717) is 0 Å². The van der Waals surface area contributed by atoms with Crippen LogP contribution >= 0.6 is 0 Å². The van der Waals surface area contributed by atoms with E-state index < -0.39 is 0 Å². The van der Waals surface area contributed by atoms with Gasteiger partial charge in [-0.15, -0.1) is 0 Å². The minimum Gasteiger partial charge on any atom is -0.254 e. The maximum Gasteiger partial charge on any atom is 0.194 e. The average molecular weight is 376 g/mol. The second-order valence-electron chi connectivity index (χ2n) is 3.46. The number of benzene rings is 1. The van der Waals surface area contributed by atoms with E-state index >= 15 is 0 Å².